The van der Waals surface area contributed by atoms with Gasteiger partial charge in [-0.2, -0.15) is 0 Å². The average Bonchev–Trinajstić information content (AvgIpc) is 3.52. The molecule has 0 aliphatic carbocycles. The van der Waals surface area contributed by atoms with Gasteiger partial charge >= 0.3 is 0 Å². The quantitative estimate of drug-likeness (QED) is 0.270. The van der Waals surface area contributed by atoms with E-state index in [0.29, 0.717) is 38.2 Å². The van der Waals surface area contributed by atoms with Gasteiger partial charge in [0, 0.05) is 23.7 Å². The number of amides is 1. The van der Waals surface area contributed by atoms with Gasteiger partial charge in [0.05, 0.1) is 16.6 Å². The molecule has 0 fully saturated rings. The van der Waals surface area contributed by atoms with Gasteiger partial charge in [-0.25, -0.2) is 9.37 Å². The van der Waals surface area contributed by atoms with Crippen LogP contribution in [0.25, 0.3) is 0 Å². The molecule has 0 spiro atoms. The Hall–Kier alpha value is -3.14. The Balaban J connectivity index is 1.28. The molecule has 0 saturated carbocycles. The van der Waals surface area contributed by atoms with Gasteiger partial charge in [0.1, 0.15) is 23.9 Å². The van der Waals surface area contributed by atoms with Gasteiger partial charge in [0.25, 0.3) is 5.91 Å². The number of aliphatic hydroxyl groups excluding tert-OH is 1. The molecule has 4 aromatic rings. The molecule has 2 aromatic carbocycles. The summed E-state index contributed by atoms with van der Waals surface area (Å²) < 4.78 is 22.7. The van der Waals surface area contributed by atoms with Crippen molar-refractivity contribution in [2.45, 2.75) is 47.6 Å². The first kappa shape index (κ1) is 25.0. The van der Waals surface area contributed by atoms with Crippen molar-refractivity contribution in [3.63, 3.8) is 0 Å². The summed E-state index contributed by atoms with van der Waals surface area (Å²) in [7, 11) is 0. The average molecular weight is 512 g/mol. The zero-order valence-electron chi connectivity index (χ0n) is 19.0. The number of primary amides is 1. The first-order valence-electron chi connectivity index (χ1n) is 11.2. The largest absolute Gasteiger partial charge is 0.489 e. The molecule has 3 N–H and O–H groups in total. The number of aliphatic hydroxyl groups is 1. The second kappa shape index (κ2) is 12.0. The van der Waals surface area contributed by atoms with Crippen molar-refractivity contribution < 1.29 is 19.0 Å². The minimum atomic E-state index is -0.611. The first-order chi connectivity index (χ1) is 17.0. The molecule has 1 atom stereocenters. The number of aromatic nitrogens is 2. The van der Waals surface area contributed by atoms with E-state index in [-0.39, 0.29) is 11.5 Å². The number of hydrogen-bond acceptors (Lipinski definition) is 6. The number of nitrogens with two attached hydrogens (primary N) is 1. The Morgan fingerprint density at radius 3 is 2.77 bits per heavy atom. The first-order valence-corrected chi connectivity index (χ1v) is 12.9. The summed E-state index contributed by atoms with van der Waals surface area (Å²) in [6.07, 6.45) is 4.24. The van der Waals surface area contributed by atoms with Crippen LogP contribution in [0, 0.1) is 5.82 Å². The van der Waals surface area contributed by atoms with Crippen LogP contribution in [0.1, 0.15) is 34.5 Å². The molecule has 2 heterocycles. The van der Waals surface area contributed by atoms with Gasteiger partial charge < -0.3 is 20.1 Å². The van der Waals surface area contributed by atoms with E-state index in [1.54, 1.807) is 33.7 Å². The second-order valence-corrected chi connectivity index (χ2v) is 10.4. The number of carbonyl (C=O) groups is 1. The third-order valence-electron chi connectivity index (χ3n) is 5.35. The minimum Gasteiger partial charge on any atom is -0.489 e. The van der Waals surface area contributed by atoms with Crippen LogP contribution in [-0.4, -0.2) is 26.7 Å². The van der Waals surface area contributed by atoms with Crippen molar-refractivity contribution >= 4 is 29.0 Å². The van der Waals surface area contributed by atoms with Gasteiger partial charge in [-0.15, -0.1) is 11.3 Å². The van der Waals surface area contributed by atoms with E-state index in [2.05, 4.69) is 28.6 Å². The number of imidazole rings is 1. The highest BCUT2D eigenvalue weighted by Gasteiger charge is 2.11. The zero-order valence-corrected chi connectivity index (χ0v) is 20.6. The Bertz CT molecular complexity index is 1240. The lowest BCUT2D eigenvalue weighted by Gasteiger charge is -2.14. The Morgan fingerprint density at radius 2 is 2.06 bits per heavy atom. The van der Waals surface area contributed by atoms with E-state index in [4.69, 9.17) is 10.5 Å². The molecule has 4 rings (SSSR count). The molecule has 0 bridgehead atoms. The van der Waals surface area contributed by atoms with Gasteiger partial charge in [-0.3, -0.25) is 4.79 Å². The Morgan fingerprint density at radius 1 is 1.23 bits per heavy atom. The smallest absolute Gasteiger partial charge is 0.268 e. The molecule has 6 nitrogen and oxygen atoms in total. The predicted molar refractivity (Wildman–Crippen MR) is 135 cm³/mol. The minimum absolute atomic E-state index is 0.168. The van der Waals surface area contributed by atoms with Crippen molar-refractivity contribution in [2.24, 2.45) is 5.73 Å². The summed E-state index contributed by atoms with van der Waals surface area (Å²) >= 11 is 3.43. The van der Waals surface area contributed by atoms with E-state index in [9.17, 15) is 14.3 Å². The van der Waals surface area contributed by atoms with Gasteiger partial charge in [0.15, 0.2) is 0 Å². The van der Waals surface area contributed by atoms with Crippen LogP contribution >= 0.6 is 23.1 Å². The van der Waals surface area contributed by atoms with Crippen molar-refractivity contribution in [1.82, 2.24) is 9.55 Å². The highest BCUT2D eigenvalue weighted by molar-refractivity contribution is 8.01. The van der Waals surface area contributed by atoms with Gasteiger partial charge in [-0.05, 0) is 60.0 Å². The number of rotatable bonds is 12. The normalized spacial score (nSPS) is 11.9. The van der Waals surface area contributed by atoms with E-state index in [1.807, 2.05) is 18.2 Å². The fourth-order valence-corrected chi connectivity index (χ4v) is 5.32. The number of halogens is 1. The van der Waals surface area contributed by atoms with Crippen LogP contribution in [-0.2, 0) is 19.6 Å². The molecule has 0 saturated heterocycles. The number of carbonyl (C=O) groups excluding carboxylic acids is 1. The second-order valence-electron chi connectivity index (χ2n) is 8.08. The molecule has 9 heteroatoms. The van der Waals surface area contributed by atoms with Crippen molar-refractivity contribution in [3.8, 4) is 5.75 Å². The van der Waals surface area contributed by atoms with Crippen LogP contribution in [0.3, 0.4) is 0 Å². The van der Waals surface area contributed by atoms with E-state index >= 15 is 0 Å². The number of hydrogen-bond donors (Lipinski definition) is 2. The molecule has 0 unspecified atom stereocenters. The summed E-state index contributed by atoms with van der Waals surface area (Å²) in [5.74, 6) is -0.440. The highest BCUT2D eigenvalue weighted by Crippen LogP contribution is 2.31. The molecule has 0 aliphatic heterocycles. The highest BCUT2D eigenvalue weighted by atomic mass is 32.2. The fourth-order valence-electron chi connectivity index (χ4n) is 3.57. The number of ether oxygens (including phenoxy) is 1. The summed E-state index contributed by atoms with van der Waals surface area (Å²) in [5, 5.41) is 12.4. The monoisotopic (exact) mass is 511 g/mol. The van der Waals surface area contributed by atoms with Gasteiger partial charge in [0.2, 0.25) is 0 Å². The third kappa shape index (κ3) is 7.42. The predicted octanol–water partition coefficient (Wildman–Crippen LogP) is 5.30. The molecular formula is C26H26FN3O3S2. The van der Waals surface area contributed by atoms with Crippen molar-refractivity contribution in [1.29, 1.82) is 0 Å². The molecule has 0 radical (unpaired) electrons. The van der Waals surface area contributed by atoms with E-state index in [1.165, 1.54) is 28.9 Å². The maximum absolute atomic E-state index is 13.9. The van der Waals surface area contributed by atoms with Crippen molar-refractivity contribution in [3.05, 3.63) is 95.1 Å². The van der Waals surface area contributed by atoms with Crippen LogP contribution in [0.5, 0.6) is 5.75 Å². The maximum Gasteiger partial charge on any atom is 0.268 e. The molecule has 35 heavy (non-hydrogen) atoms. The summed E-state index contributed by atoms with van der Waals surface area (Å²) in [4.78, 5) is 16.2. The standard InChI is InChI=1S/C26H26FN3O3S2/c27-20-9-8-19(3-1-4-21(31)14-30-15-23(26(28)32)29-17-30)24(13-20)33-16-18-6-10-22(11-7-18)35-25-5-2-12-34-25/h2,5-13,15,17,21,31H,1,3-4,14,16H2,(H2,28,32)/t21-/m0/s1. The zero-order chi connectivity index (χ0) is 24.6. The van der Waals surface area contributed by atoms with Crippen LogP contribution in [0.15, 0.2) is 81.6 Å². The maximum atomic E-state index is 13.9. The molecular weight excluding hydrogens is 485 g/mol. The lowest BCUT2D eigenvalue weighted by molar-refractivity contribution is 0.0995. The van der Waals surface area contributed by atoms with Crippen LogP contribution < -0.4 is 10.5 Å². The summed E-state index contributed by atoms with van der Waals surface area (Å²) in [6.45, 7) is 0.652. The number of benzene rings is 2. The topological polar surface area (TPSA) is 90.4 Å². The summed E-state index contributed by atoms with van der Waals surface area (Å²) in [6, 6.07) is 16.8. The third-order valence-corrected chi connectivity index (χ3v) is 7.40. The Labute approximate surface area is 211 Å². The molecule has 0 aliphatic rings. The lowest BCUT2D eigenvalue weighted by atomic mass is 10.0. The molecule has 182 valence electrons. The van der Waals surface area contributed by atoms with E-state index in [0.717, 1.165) is 16.0 Å². The number of nitrogens with zero attached hydrogens (tertiary/aromatic N) is 2. The van der Waals surface area contributed by atoms with Crippen LogP contribution in [0.4, 0.5) is 4.39 Å². The Kier molecular flexibility index (Phi) is 8.57. The van der Waals surface area contributed by atoms with E-state index < -0.39 is 12.0 Å². The lowest BCUT2D eigenvalue weighted by Crippen LogP contribution is -2.15. The SMILES string of the molecule is NC(=O)c1cn(C[C@@H](O)CCCc2ccc(F)cc2OCc2ccc(Sc3cccs3)cc2)cn1. The number of aryl methyl sites for hydroxylation is 1. The summed E-state index contributed by atoms with van der Waals surface area (Å²) in [5.41, 5.74) is 7.26. The van der Waals surface area contributed by atoms with Crippen LogP contribution in [0.2, 0.25) is 0 Å². The molecule has 2 aromatic heterocycles. The number of thiophene rings is 1. The molecule has 1 amide bonds. The van der Waals surface area contributed by atoms with Gasteiger partial charge in [-0.1, -0.05) is 36.0 Å². The fraction of sp³-hybridized carbons (Fsp3) is 0.231. The van der Waals surface area contributed by atoms with Crippen molar-refractivity contribution in [2.75, 3.05) is 0 Å².